The number of hydrogen-bond donors (Lipinski definition) is 0. The van der Waals surface area contributed by atoms with E-state index < -0.39 is 0 Å². The van der Waals surface area contributed by atoms with Gasteiger partial charge in [0, 0.05) is 10.6 Å². The number of amidine groups is 1. The van der Waals surface area contributed by atoms with Crippen molar-refractivity contribution < 1.29 is 0 Å². The molecule has 1 aromatic rings. The molecule has 18 heavy (non-hydrogen) atoms. The Kier molecular flexibility index (Phi) is 3.73. The van der Waals surface area contributed by atoms with Gasteiger partial charge in [-0.05, 0) is 30.7 Å². The number of rotatable bonds is 1. The Bertz CT molecular complexity index is 561. The number of allylic oxidation sites excluding steroid dienone is 1. The number of fused-ring (bicyclic) bond motifs is 1. The normalized spacial score (nSPS) is 17.4. The first-order valence-electron chi connectivity index (χ1n) is 5.59. The van der Waals surface area contributed by atoms with Crippen molar-refractivity contribution >= 4 is 35.6 Å². The minimum absolute atomic E-state index is 0. The van der Waals surface area contributed by atoms with Crippen molar-refractivity contribution in [3.8, 4) is 0 Å². The second-order valence-corrected chi connectivity index (χ2v) is 4.59. The van der Waals surface area contributed by atoms with Gasteiger partial charge in [0.05, 0.1) is 18.8 Å². The Balaban J connectivity index is 0.00000120. The Labute approximate surface area is 117 Å². The summed E-state index contributed by atoms with van der Waals surface area (Å²) in [6, 6.07) is 7.76. The van der Waals surface area contributed by atoms with Gasteiger partial charge in [-0.1, -0.05) is 23.7 Å². The molecule has 0 radical (unpaired) electrons. The van der Waals surface area contributed by atoms with Crippen LogP contribution in [0.1, 0.15) is 12.5 Å². The van der Waals surface area contributed by atoms with Gasteiger partial charge in [0.15, 0.2) is 0 Å². The van der Waals surface area contributed by atoms with Crippen molar-refractivity contribution in [2.45, 2.75) is 6.92 Å². The number of benzene rings is 1. The summed E-state index contributed by atoms with van der Waals surface area (Å²) >= 11 is 6.00. The van der Waals surface area contributed by atoms with Crippen LogP contribution in [0.15, 0.2) is 46.0 Å². The highest BCUT2D eigenvalue weighted by molar-refractivity contribution is 6.31. The highest BCUT2D eigenvalue weighted by atomic mass is 35.5. The number of aliphatic imine (C=N–C) groups is 1. The summed E-state index contributed by atoms with van der Waals surface area (Å²) in [6.45, 7) is 3.76. The lowest BCUT2D eigenvalue weighted by Crippen LogP contribution is -2.28. The summed E-state index contributed by atoms with van der Waals surface area (Å²) < 4.78 is 0. The van der Waals surface area contributed by atoms with Crippen molar-refractivity contribution in [1.29, 1.82) is 0 Å². The first-order chi connectivity index (χ1) is 8.24. The number of hydrogen-bond acceptors (Lipinski definition) is 3. The summed E-state index contributed by atoms with van der Waals surface area (Å²) in [5.41, 5.74) is 3.15. The van der Waals surface area contributed by atoms with Crippen LogP contribution < -0.4 is 0 Å². The molecule has 3 rings (SSSR count). The second kappa shape index (κ2) is 5.12. The van der Waals surface area contributed by atoms with E-state index in [0.29, 0.717) is 0 Å². The molecule has 2 heterocycles. The van der Waals surface area contributed by atoms with Crippen LogP contribution in [-0.2, 0) is 0 Å². The molecule has 0 unspecified atom stereocenters. The smallest absolute Gasteiger partial charge is 0.147 e. The third-order valence-corrected chi connectivity index (χ3v) is 3.11. The van der Waals surface area contributed by atoms with E-state index >= 15 is 0 Å². The Hall–Kier alpha value is -1.32. The molecule has 0 N–H and O–H groups in total. The Morgan fingerprint density at radius 2 is 2.17 bits per heavy atom. The van der Waals surface area contributed by atoms with Crippen molar-refractivity contribution in [2.24, 2.45) is 10.1 Å². The highest BCUT2D eigenvalue weighted by Crippen LogP contribution is 2.20. The van der Waals surface area contributed by atoms with E-state index in [0.717, 1.165) is 40.8 Å². The highest BCUT2D eigenvalue weighted by Gasteiger charge is 2.22. The van der Waals surface area contributed by atoms with Crippen molar-refractivity contribution in [2.75, 3.05) is 13.1 Å². The molecular formula is C13H13Cl2N3. The molecule has 94 valence electrons. The lowest BCUT2D eigenvalue weighted by molar-refractivity contribution is 0.487. The van der Waals surface area contributed by atoms with Crippen LogP contribution in [-0.4, -0.2) is 29.6 Å². The van der Waals surface area contributed by atoms with Gasteiger partial charge >= 0.3 is 0 Å². The van der Waals surface area contributed by atoms with Gasteiger partial charge < -0.3 is 0 Å². The third-order valence-electron chi connectivity index (χ3n) is 2.87. The molecule has 0 bridgehead atoms. The van der Waals surface area contributed by atoms with Crippen LogP contribution in [0.2, 0.25) is 5.02 Å². The van der Waals surface area contributed by atoms with Gasteiger partial charge in [-0.3, -0.25) is 4.99 Å². The predicted octanol–water partition coefficient (Wildman–Crippen LogP) is 3.14. The van der Waals surface area contributed by atoms with Gasteiger partial charge in [-0.25, -0.2) is 5.01 Å². The van der Waals surface area contributed by atoms with Crippen molar-refractivity contribution in [3.63, 3.8) is 0 Å². The molecule has 0 saturated heterocycles. The van der Waals surface area contributed by atoms with Crippen LogP contribution >= 0.6 is 24.0 Å². The SMILES string of the molecule is CC1=CC(c2cccc(Cl)c2)=NN2CCN=C12.Cl. The van der Waals surface area contributed by atoms with E-state index in [2.05, 4.69) is 23.1 Å². The molecule has 0 saturated carbocycles. The average Bonchev–Trinajstić information content (AvgIpc) is 2.77. The third kappa shape index (κ3) is 2.28. The summed E-state index contributed by atoms with van der Waals surface area (Å²) in [5.74, 6) is 0.996. The maximum absolute atomic E-state index is 6.00. The summed E-state index contributed by atoms with van der Waals surface area (Å²) in [5, 5.41) is 7.29. The first kappa shape index (κ1) is 13.1. The summed E-state index contributed by atoms with van der Waals surface area (Å²) in [7, 11) is 0. The largest absolute Gasteiger partial charge is 0.265 e. The second-order valence-electron chi connectivity index (χ2n) is 4.15. The molecule has 5 heteroatoms. The fourth-order valence-electron chi connectivity index (χ4n) is 2.08. The van der Waals surface area contributed by atoms with Crippen LogP contribution in [0.3, 0.4) is 0 Å². The molecule has 2 aliphatic rings. The zero-order valence-electron chi connectivity index (χ0n) is 9.93. The number of nitrogens with zero attached hydrogens (tertiary/aromatic N) is 3. The maximum atomic E-state index is 6.00. The number of halogens is 2. The van der Waals surface area contributed by atoms with E-state index in [9.17, 15) is 0 Å². The van der Waals surface area contributed by atoms with E-state index in [-0.39, 0.29) is 12.4 Å². The zero-order chi connectivity index (χ0) is 11.8. The molecule has 0 atom stereocenters. The topological polar surface area (TPSA) is 28.0 Å². The monoisotopic (exact) mass is 281 g/mol. The minimum atomic E-state index is 0. The number of hydrazone groups is 1. The maximum Gasteiger partial charge on any atom is 0.147 e. The molecule has 0 aromatic heterocycles. The van der Waals surface area contributed by atoms with Crippen LogP contribution in [0, 0.1) is 0 Å². The predicted molar refractivity (Wildman–Crippen MR) is 78.0 cm³/mol. The first-order valence-corrected chi connectivity index (χ1v) is 5.97. The van der Waals surface area contributed by atoms with Crippen molar-refractivity contribution in [1.82, 2.24) is 5.01 Å². The Morgan fingerprint density at radius 3 is 2.94 bits per heavy atom. The average molecular weight is 282 g/mol. The van der Waals surface area contributed by atoms with Crippen LogP contribution in [0.4, 0.5) is 0 Å². The van der Waals surface area contributed by atoms with Gasteiger partial charge in [-0.2, -0.15) is 5.10 Å². The summed E-state index contributed by atoms with van der Waals surface area (Å²) in [4.78, 5) is 4.43. The van der Waals surface area contributed by atoms with Gasteiger partial charge in [-0.15, -0.1) is 12.4 Å². The molecule has 3 nitrogen and oxygen atoms in total. The van der Waals surface area contributed by atoms with E-state index in [1.807, 2.05) is 29.3 Å². The Morgan fingerprint density at radius 1 is 1.33 bits per heavy atom. The molecule has 0 fully saturated rings. The lowest BCUT2D eigenvalue weighted by atomic mass is 10.1. The fourth-order valence-corrected chi connectivity index (χ4v) is 2.27. The zero-order valence-corrected chi connectivity index (χ0v) is 11.5. The quantitative estimate of drug-likeness (QED) is 0.777. The van der Waals surface area contributed by atoms with Gasteiger partial charge in [0.2, 0.25) is 0 Å². The molecule has 1 aromatic carbocycles. The molecule has 2 aliphatic heterocycles. The standard InChI is InChI=1S/C13H12ClN3.ClH/c1-9-7-12(10-3-2-4-11(14)8-10)16-17-6-5-15-13(9)17;/h2-4,7-8H,5-6H2,1H3;1H. The lowest BCUT2D eigenvalue weighted by Gasteiger charge is -2.21. The molecule has 0 aliphatic carbocycles. The van der Waals surface area contributed by atoms with E-state index in [4.69, 9.17) is 11.6 Å². The van der Waals surface area contributed by atoms with Crippen molar-refractivity contribution in [3.05, 3.63) is 46.5 Å². The van der Waals surface area contributed by atoms with Crippen LogP contribution in [0.25, 0.3) is 0 Å². The minimum Gasteiger partial charge on any atom is -0.265 e. The molecular weight excluding hydrogens is 269 g/mol. The van der Waals surface area contributed by atoms with E-state index in [1.54, 1.807) is 0 Å². The summed E-state index contributed by atoms with van der Waals surface area (Å²) in [6.07, 6.45) is 2.06. The van der Waals surface area contributed by atoms with Gasteiger partial charge in [0.25, 0.3) is 0 Å². The fraction of sp³-hybridized carbons (Fsp3) is 0.231. The van der Waals surface area contributed by atoms with Gasteiger partial charge in [0.1, 0.15) is 5.84 Å². The van der Waals surface area contributed by atoms with Crippen LogP contribution in [0.5, 0.6) is 0 Å². The molecule has 0 spiro atoms. The molecule has 0 amide bonds. The van der Waals surface area contributed by atoms with E-state index in [1.165, 1.54) is 0 Å².